The van der Waals surface area contributed by atoms with E-state index in [4.69, 9.17) is 5.11 Å². The number of hydrogen-bond donors (Lipinski definition) is 1. The molecular weight excluding hydrogens is 182 g/mol. The second-order valence-electron chi connectivity index (χ2n) is 3.71. The van der Waals surface area contributed by atoms with E-state index in [1.165, 1.54) is 9.88 Å². The van der Waals surface area contributed by atoms with E-state index < -0.39 is 0 Å². The van der Waals surface area contributed by atoms with Crippen molar-refractivity contribution in [3.63, 3.8) is 0 Å². The van der Waals surface area contributed by atoms with Crippen LogP contribution in [0, 0.1) is 0 Å². The maximum atomic E-state index is 9.11. The van der Waals surface area contributed by atoms with E-state index in [1.54, 1.807) is 11.3 Å². The third-order valence-corrected chi connectivity index (χ3v) is 3.23. The third-order valence-electron chi connectivity index (χ3n) is 1.87. The Morgan fingerprint density at radius 3 is 2.62 bits per heavy atom. The lowest BCUT2D eigenvalue weighted by Crippen LogP contribution is -2.00. The van der Waals surface area contributed by atoms with Gasteiger partial charge in [-0.2, -0.15) is 0 Å². The van der Waals surface area contributed by atoms with E-state index in [-0.39, 0.29) is 6.10 Å². The van der Waals surface area contributed by atoms with Crippen molar-refractivity contribution in [3.8, 4) is 0 Å². The van der Waals surface area contributed by atoms with Gasteiger partial charge in [0.2, 0.25) is 0 Å². The van der Waals surface area contributed by atoms with Crippen LogP contribution in [0.25, 0.3) is 0 Å². The van der Waals surface area contributed by atoms with E-state index in [9.17, 15) is 0 Å². The SMILES string of the molecule is CC(C)c1ncc(CC[C@H](C)O)s1. The minimum Gasteiger partial charge on any atom is -0.393 e. The molecule has 0 radical (unpaired) electrons. The van der Waals surface area contributed by atoms with Crippen molar-refractivity contribution in [1.82, 2.24) is 4.98 Å². The van der Waals surface area contributed by atoms with Gasteiger partial charge in [0.1, 0.15) is 0 Å². The van der Waals surface area contributed by atoms with Gasteiger partial charge in [0.05, 0.1) is 11.1 Å². The molecule has 0 aliphatic carbocycles. The van der Waals surface area contributed by atoms with Crippen molar-refractivity contribution < 1.29 is 5.11 Å². The molecule has 0 amide bonds. The molecular formula is C10H17NOS. The first-order chi connectivity index (χ1) is 6.09. The molecule has 0 aromatic carbocycles. The predicted molar refractivity (Wildman–Crippen MR) is 56.2 cm³/mol. The Morgan fingerprint density at radius 1 is 1.46 bits per heavy atom. The Morgan fingerprint density at radius 2 is 2.15 bits per heavy atom. The van der Waals surface area contributed by atoms with Gasteiger partial charge in [-0.15, -0.1) is 11.3 Å². The van der Waals surface area contributed by atoms with E-state index >= 15 is 0 Å². The summed E-state index contributed by atoms with van der Waals surface area (Å²) >= 11 is 1.76. The molecule has 0 saturated carbocycles. The van der Waals surface area contributed by atoms with Crippen molar-refractivity contribution in [2.75, 3.05) is 0 Å². The Labute approximate surface area is 83.6 Å². The minimum atomic E-state index is -0.204. The average Bonchev–Trinajstić information content (AvgIpc) is 2.48. The molecule has 0 fully saturated rings. The number of aromatic nitrogens is 1. The average molecular weight is 199 g/mol. The number of nitrogens with zero attached hydrogens (tertiary/aromatic N) is 1. The molecule has 0 saturated heterocycles. The van der Waals surface area contributed by atoms with Crippen LogP contribution in [-0.4, -0.2) is 16.2 Å². The molecule has 2 nitrogen and oxygen atoms in total. The first kappa shape index (κ1) is 10.7. The lowest BCUT2D eigenvalue weighted by molar-refractivity contribution is 0.185. The summed E-state index contributed by atoms with van der Waals surface area (Å²) in [5, 5.41) is 10.3. The van der Waals surface area contributed by atoms with Gasteiger partial charge in [-0.05, 0) is 19.8 Å². The molecule has 1 heterocycles. The number of aliphatic hydroxyl groups is 1. The lowest BCUT2D eigenvalue weighted by atomic mass is 10.2. The number of thiazole rings is 1. The highest BCUT2D eigenvalue weighted by Gasteiger charge is 2.06. The molecule has 74 valence electrons. The summed E-state index contributed by atoms with van der Waals surface area (Å²) < 4.78 is 0. The van der Waals surface area contributed by atoms with E-state index in [2.05, 4.69) is 18.8 Å². The van der Waals surface area contributed by atoms with Crippen LogP contribution in [0.5, 0.6) is 0 Å². The predicted octanol–water partition coefficient (Wildman–Crippen LogP) is 2.58. The summed E-state index contributed by atoms with van der Waals surface area (Å²) in [6.45, 7) is 6.12. The van der Waals surface area contributed by atoms with Crippen molar-refractivity contribution in [1.29, 1.82) is 0 Å². The van der Waals surface area contributed by atoms with Crippen LogP contribution in [-0.2, 0) is 6.42 Å². The molecule has 1 atom stereocenters. The van der Waals surface area contributed by atoms with Gasteiger partial charge in [-0.1, -0.05) is 13.8 Å². The highest BCUT2D eigenvalue weighted by molar-refractivity contribution is 7.11. The van der Waals surface area contributed by atoms with Gasteiger partial charge >= 0.3 is 0 Å². The van der Waals surface area contributed by atoms with Gasteiger partial charge in [-0.3, -0.25) is 0 Å². The highest BCUT2D eigenvalue weighted by Crippen LogP contribution is 2.22. The summed E-state index contributed by atoms with van der Waals surface area (Å²) in [5.74, 6) is 0.519. The Bertz CT molecular complexity index is 255. The Kier molecular flexibility index (Phi) is 3.88. The van der Waals surface area contributed by atoms with Crippen LogP contribution in [0.2, 0.25) is 0 Å². The van der Waals surface area contributed by atoms with Crippen molar-refractivity contribution in [2.24, 2.45) is 0 Å². The molecule has 0 aliphatic rings. The maximum Gasteiger partial charge on any atom is 0.0953 e. The van der Waals surface area contributed by atoms with Gasteiger partial charge in [0, 0.05) is 17.0 Å². The quantitative estimate of drug-likeness (QED) is 0.808. The van der Waals surface area contributed by atoms with Crippen molar-refractivity contribution in [3.05, 3.63) is 16.1 Å². The largest absolute Gasteiger partial charge is 0.393 e. The molecule has 3 heteroatoms. The van der Waals surface area contributed by atoms with Crippen LogP contribution in [0.1, 0.15) is 43.0 Å². The molecule has 0 spiro atoms. The standard InChI is InChI=1S/C10H17NOS/c1-7(2)10-11-6-9(13-10)5-4-8(3)12/h6-8,12H,4-5H2,1-3H3/t8-/m0/s1. The van der Waals surface area contributed by atoms with Crippen molar-refractivity contribution >= 4 is 11.3 Å². The number of aliphatic hydroxyl groups excluding tert-OH is 1. The summed E-state index contributed by atoms with van der Waals surface area (Å²) in [6, 6.07) is 0. The monoisotopic (exact) mass is 199 g/mol. The van der Waals surface area contributed by atoms with Crippen LogP contribution in [0.15, 0.2) is 6.20 Å². The van der Waals surface area contributed by atoms with E-state index in [0.29, 0.717) is 5.92 Å². The van der Waals surface area contributed by atoms with E-state index in [1.807, 2.05) is 13.1 Å². The number of rotatable bonds is 4. The number of hydrogen-bond acceptors (Lipinski definition) is 3. The molecule has 1 aromatic rings. The zero-order valence-electron chi connectivity index (χ0n) is 8.45. The second kappa shape index (κ2) is 4.72. The molecule has 0 unspecified atom stereocenters. The molecule has 0 bridgehead atoms. The smallest absolute Gasteiger partial charge is 0.0953 e. The second-order valence-corrected chi connectivity index (χ2v) is 4.85. The van der Waals surface area contributed by atoms with Crippen LogP contribution in [0.4, 0.5) is 0 Å². The Hall–Kier alpha value is -0.410. The van der Waals surface area contributed by atoms with Gasteiger partial charge in [-0.25, -0.2) is 4.98 Å². The summed E-state index contributed by atoms with van der Waals surface area (Å²) in [4.78, 5) is 5.61. The fraction of sp³-hybridized carbons (Fsp3) is 0.700. The topological polar surface area (TPSA) is 33.1 Å². The molecule has 1 aromatic heterocycles. The summed E-state index contributed by atoms with van der Waals surface area (Å²) in [5.41, 5.74) is 0. The fourth-order valence-electron chi connectivity index (χ4n) is 1.06. The van der Waals surface area contributed by atoms with Crippen molar-refractivity contribution in [2.45, 2.75) is 45.6 Å². The third kappa shape index (κ3) is 3.44. The number of aryl methyl sites for hydroxylation is 1. The minimum absolute atomic E-state index is 0.204. The van der Waals surface area contributed by atoms with Gasteiger partial charge in [0.25, 0.3) is 0 Å². The lowest BCUT2D eigenvalue weighted by Gasteiger charge is -2.00. The van der Waals surface area contributed by atoms with E-state index in [0.717, 1.165) is 12.8 Å². The first-order valence-electron chi connectivity index (χ1n) is 4.72. The molecule has 1 N–H and O–H groups in total. The zero-order valence-corrected chi connectivity index (χ0v) is 9.27. The van der Waals surface area contributed by atoms with Crippen LogP contribution >= 0.6 is 11.3 Å². The first-order valence-corrected chi connectivity index (χ1v) is 5.54. The summed E-state index contributed by atoms with van der Waals surface area (Å²) in [7, 11) is 0. The van der Waals surface area contributed by atoms with Gasteiger partial charge in [0.15, 0.2) is 0 Å². The fourth-order valence-corrected chi connectivity index (χ4v) is 1.99. The zero-order chi connectivity index (χ0) is 9.84. The maximum absolute atomic E-state index is 9.11. The molecule has 13 heavy (non-hydrogen) atoms. The molecule has 1 rings (SSSR count). The summed E-state index contributed by atoms with van der Waals surface area (Å²) in [6.07, 6.45) is 3.51. The van der Waals surface area contributed by atoms with Gasteiger partial charge < -0.3 is 5.11 Å². The van der Waals surface area contributed by atoms with Crippen LogP contribution < -0.4 is 0 Å². The normalized spacial score (nSPS) is 13.6. The Balaban J connectivity index is 2.49. The van der Waals surface area contributed by atoms with Crippen LogP contribution in [0.3, 0.4) is 0 Å². The molecule has 0 aliphatic heterocycles. The highest BCUT2D eigenvalue weighted by atomic mass is 32.1.